The summed E-state index contributed by atoms with van der Waals surface area (Å²) in [7, 11) is 0. The Morgan fingerprint density at radius 2 is 1.14 bits per heavy atom. The van der Waals surface area contributed by atoms with E-state index in [2.05, 4.69) is 20.2 Å². The van der Waals surface area contributed by atoms with E-state index < -0.39 is 128 Å². The van der Waals surface area contributed by atoms with Crippen LogP contribution in [0.1, 0.15) is 49.9 Å². The molecule has 0 spiro atoms. The largest absolute Gasteiger partial charge is 0.508 e. The van der Waals surface area contributed by atoms with Gasteiger partial charge in [-0.3, -0.25) is 0 Å². The maximum atomic E-state index is 14.2. The molecule has 2 saturated heterocycles. The smallest absolute Gasteiger partial charge is 0.431 e. The number of nitrogen functional groups attached to an aromatic ring is 2. The number of aliphatic hydroxyl groups excluding tert-OH is 4. The van der Waals surface area contributed by atoms with Gasteiger partial charge in [0.2, 0.25) is 23.0 Å². The van der Waals surface area contributed by atoms with Crippen molar-refractivity contribution >= 4 is 28.8 Å². The lowest BCUT2D eigenvalue weighted by molar-refractivity contribution is -0.172. The van der Waals surface area contributed by atoms with Gasteiger partial charge in [0.15, 0.2) is 11.6 Å². The molecule has 8 rings (SSSR count). The topological polar surface area (TPSA) is 295 Å². The second-order valence-corrected chi connectivity index (χ2v) is 15.3. The number of nitrogens with two attached hydrogens (primary N) is 2. The maximum absolute atomic E-state index is 14.2. The molecular weight excluding hydrogens is 780 g/mol. The summed E-state index contributed by atoms with van der Waals surface area (Å²) in [6.45, 7) is 0. The van der Waals surface area contributed by atoms with Crippen molar-refractivity contribution in [1.29, 1.82) is 10.5 Å². The van der Waals surface area contributed by atoms with Crippen LogP contribution in [-0.4, -0.2) is 116 Å². The number of hydrogen-bond donors (Lipinski definition) is 6. The molecule has 8 N–H and O–H groups in total. The molecule has 4 aromatic rings. The van der Waals surface area contributed by atoms with Crippen molar-refractivity contribution in [2.75, 3.05) is 11.5 Å². The van der Waals surface area contributed by atoms with E-state index in [-0.39, 0.29) is 34.1 Å². The van der Waals surface area contributed by atoms with Crippen LogP contribution in [0, 0.1) is 34.5 Å². The standard InChI is InChI=1S/C35H36F4N10O9/c36-32(37)7-15(8-32)19(5-21-25(50)27(52)34(11-40,57-21)23-3-1-17-29(42)44-13-46-48(17)23)55-31(54)56-20(16-9-33(38,39)10-16)6-22-26(51)28(53)35(12-41,58-22)24-4-2-18-30(43)45-14-47-49(18)24/h1-4,13-16,19-22,25-28,50-53H,5-10H2,(H2,42,44,46)(H2,43,45,47)/t19?,20?,21-,22-,25-,26-,27-,28-,34+,35+/m1/s1. The van der Waals surface area contributed by atoms with Gasteiger partial charge < -0.3 is 50.8 Å². The number of rotatable bonds is 10. The van der Waals surface area contributed by atoms with Gasteiger partial charge in [-0.15, -0.1) is 0 Å². The van der Waals surface area contributed by atoms with E-state index in [9.17, 15) is 53.3 Å². The Morgan fingerprint density at radius 3 is 1.48 bits per heavy atom. The zero-order valence-electron chi connectivity index (χ0n) is 30.1. The van der Waals surface area contributed by atoms with Crippen molar-refractivity contribution in [3.8, 4) is 12.1 Å². The normalized spacial score (nSPS) is 32.9. The summed E-state index contributed by atoms with van der Waals surface area (Å²) in [6, 6.07) is 9.39. The number of ether oxygens (including phenoxy) is 4. The fourth-order valence-corrected chi connectivity index (χ4v) is 8.56. The SMILES string of the molecule is N#C[C@@]1(c2ccc3c(N)ncnn23)O[C@H](CC(OC(=O)OC(C[C@H]2O[C@@](C#N)(c3ccc4c(N)ncnn34)[C@H](O)[C@@H]2O)C2CC(F)(F)C2)C2CC(F)(F)C2)[C@@H](O)[C@H]1O. The lowest BCUT2D eigenvalue weighted by Crippen LogP contribution is -2.48. The van der Waals surface area contributed by atoms with Crippen LogP contribution in [0.4, 0.5) is 34.0 Å². The first-order valence-corrected chi connectivity index (χ1v) is 18.1. The fourth-order valence-electron chi connectivity index (χ4n) is 8.56. The second-order valence-electron chi connectivity index (χ2n) is 15.3. The minimum atomic E-state index is -3.13. The van der Waals surface area contributed by atoms with E-state index in [0.29, 0.717) is 0 Å². The Labute approximate surface area is 324 Å². The third kappa shape index (κ3) is 6.29. The number of carbonyl (C=O) groups is 1. The molecule has 2 unspecified atom stereocenters. The molecule has 10 atom stereocenters. The fraction of sp³-hybridized carbons (Fsp3) is 0.571. The van der Waals surface area contributed by atoms with Crippen LogP contribution in [0.2, 0.25) is 0 Å². The van der Waals surface area contributed by atoms with Crippen LogP contribution in [0.5, 0.6) is 0 Å². The van der Waals surface area contributed by atoms with Crippen LogP contribution in [0.25, 0.3) is 11.0 Å². The lowest BCUT2D eigenvalue weighted by Gasteiger charge is -2.42. The van der Waals surface area contributed by atoms with Gasteiger partial charge in [-0.2, -0.15) is 20.7 Å². The number of halogens is 4. The predicted octanol–water partition coefficient (Wildman–Crippen LogP) is 1.08. The zero-order chi connectivity index (χ0) is 41.5. The number of aliphatic hydroxyl groups is 4. The molecule has 2 aliphatic heterocycles. The number of nitrogens with zero attached hydrogens (tertiary/aromatic N) is 8. The van der Waals surface area contributed by atoms with E-state index in [4.69, 9.17) is 30.4 Å². The molecule has 0 aromatic carbocycles. The molecule has 19 nitrogen and oxygen atoms in total. The predicted molar refractivity (Wildman–Crippen MR) is 183 cm³/mol. The molecule has 0 radical (unpaired) electrons. The summed E-state index contributed by atoms with van der Waals surface area (Å²) >= 11 is 0. The van der Waals surface area contributed by atoms with Crippen molar-refractivity contribution in [2.45, 2.75) is 110 Å². The number of fused-ring (bicyclic) bond motifs is 2. The molecule has 2 aliphatic carbocycles. The first kappa shape index (κ1) is 39.4. The van der Waals surface area contributed by atoms with Gasteiger partial charge >= 0.3 is 6.16 Å². The number of alkyl halides is 4. The van der Waals surface area contributed by atoms with Crippen molar-refractivity contribution in [3.05, 3.63) is 48.3 Å². The van der Waals surface area contributed by atoms with Crippen LogP contribution in [0.3, 0.4) is 0 Å². The van der Waals surface area contributed by atoms with Crippen LogP contribution in [0.15, 0.2) is 36.9 Å². The first-order valence-electron chi connectivity index (χ1n) is 18.1. The number of aromatic nitrogens is 6. The van der Waals surface area contributed by atoms with Gasteiger partial charge in [0.25, 0.3) is 0 Å². The summed E-state index contributed by atoms with van der Waals surface area (Å²) in [6.07, 6.45) is -16.7. The Hall–Kier alpha value is -5.43. The van der Waals surface area contributed by atoms with Gasteiger partial charge in [-0.05, 0) is 24.3 Å². The van der Waals surface area contributed by atoms with E-state index in [1.807, 2.05) is 12.1 Å². The first-order chi connectivity index (χ1) is 27.4. The molecule has 0 amide bonds. The highest BCUT2D eigenvalue weighted by Crippen LogP contribution is 2.50. The van der Waals surface area contributed by atoms with Crippen LogP contribution >= 0.6 is 0 Å². The van der Waals surface area contributed by atoms with E-state index in [1.54, 1.807) is 0 Å². The van der Waals surface area contributed by atoms with Gasteiger partial charge in [0.1, 0.15) is 72.5 Å². The Morgan fingerprint density at radius 1 is 0.759 bits per heavy atom. The molecule has 58 heavy (non-hydrogen) atoms. The van der Waals surface area contributed by atoms with Crippen molar-refractivity contribution in [2.24, 2.45) is 11.8 Å². The molecule has 6 heterocycles. The second kappa shape index (κ2) is 13.9. The van der Waals surface area contributed by atoms with Crippen LogP contribution in [-0.2, 0) is 30.1 Å². The maximum Gasteiger partial charge on any atom is 0.508 e. The molecule has 4 aliphatic rings. The molecule has 2 saturated carbocycles. The van der Waals surface area contributed by atoms with E-state index in [0.717, 1.165) is 12.7 Å². The van der Waals surface area contributed by atoms with Crippen molar-refractivity contribution < 1.29 is 61.7 Å². The monoisotopic (exact) mass is 816 g/mol. The summed E-state index contributed by atoms with van der Waals surface area (Å²) < 4.78 is 82.2. The summed E-state index contributed by atoms with van der Waals surface area (Å²) in [4.78, 5) is 21.3. The quantitative estimate of drug-likeness (QED) is 0.0964. The molecule has 0 bridgehead atoms. The molecule has 4 fully saturated rings. The van der Waals surface area contributed by atoms with E-state index >= 15 is 0 Å². The lowest BCUT2D eigenvalue weighted by atomic mass is 9.75. The number of anilines is 2. The Bertz CT molecular complexity index is 2160. The molecular formula is C35H36F4N10O9. The van der Waals surface area contributed by atoms with Crippen molar-refractivity contribution in [1.82, 2.24) is 29.2 Å². The minimum absolute atomic E-state index is 0.0330. The average molecular weight is 817 g/mol. The van der Waals surface area contributed by atoms with Gasteiger partial charge in [0.05, 0.1) is 23.6 Å². The summed E-state index contributed by atoms with van der Waals surface area (Å²) in [5.74, 6) is -8.24. The highest BCUT2D eigenvalue weighted by molar-refractivity contribution is 5.67. The van der Waals surface area contributed by atoms with E-state index in [1.165, 1.54) is 33.3 Å². The minimum Gasteiger partial charge on any atom is -0.431 e. The Kier molecular flexibility index (Phi) is 9.41. The number of carbonyl (C=O) groups excluding carboxylic acids is 1. The third-order valence-corrected chi connectivity index (χ3v) is 11.7. The summed E-state index contributed by atoms with van der Waals surface area (Å²) in [5.41, 5.74) is 7.73. The Balaban J connectivity index is 1.02. The molecule has 4 aromatic heterocycles. The number of nitriles is 2. The highest BCUT2D eigenvalue weighted by atomic mass is 19.3. The van der Waals surface area contributed by atoms with Gasteiger partial charge in [-0.25, -0.2) is 41.4 Å². The highest BCUT2D eigenvalue weighted by Gasteiger charge is 2.61. The van der Waals surface area contributed by atoms with Crippen LogP contribution < -0.4 is 11.5 Å². The third-order valence-electron chi connectivity index (χ3n) is 11.7. The van der Waals surface area contributed by atoms with Gasteiger partial charge in [0, 0.05) is 50.4 Å². The van der Waals surface area contributed by atoms with Gasteiger partial charge in [-0.1, -0.05) is 0 Å². The average Bonchev–Trinajstić information content (AvgIpc) is 3.91. The molecule has 308 valence electrons. The number of hydrogen-bond acceptors (Lipinski definition) is 17. The summed E-state index contributed by atoms with van der Waals surface area (Å²) in [5, 5.41) is 73.4. The van der Waals surface area contributed by atoms with Crippen molar-refractivity contribution in [3.63, 3.8) is 0 Å². The zero-order valence-corrected chi connectivity index (χ0v) is 30.1. The molecule has 23 heteroatoms.